The maximum atomic E-state index is 13.2. The third-order valence-electron chi connectivity index (χ3n) is 5.00. The van der Waals surface area contributed by atoms with E-state index in [1.54, 1.807) is 27.8 Å². The van der Waals surface area contributed by atoms with Gasteiger partial charge in [-0.05, 0) is 48.0 Å². The maximum Gasteiger partial charge on any atom is 0.254 e. The zero-order chi connectivity index (χ0) is 20.9. The Morgan fingerprint density at radius 2 is 1.86 bits per heavy atom. The lowest BCUT2D eigenvalue weighted by Gasteiger charge is -2.33. The van der Waals surface area contributed by atoms with Gasteiger partial charge in [0.25, 0.3) is 15.9 Å². The maximum absolute atomic E-state index is 13.2. The first kappa shape index (κ1) is 20.5. The summed E-state index contributed by atoms with van der Waals surface area (Å²) >= 11 is 4.50. The lowest BCUT2D eigenvalue weighted by atomic mass is 10.1. The number of piperazine rings is 1. The number of hydrogen-bond donors (Lipinski definition) is 0. The Labute approximate surface area is 181 Å². The molecule has 0 atom stereocenters. The third-order valence-corrected chi connectivity index (χ3v) is 8.99. The number of thiophene rings is 1. The van der Waals surface area contributed by atoms with Crippen molar-refractivity contribution in [2.24, 2.45) is 7.05 Å². The second kappa shape index (κ2) is 7.46. The number of pyridine rings is 1. The number of carbonyl (C=O) groups excluding carboxylic acids is 1. The number of fused-ring (bicyclic) bond motifs is 1. The van der Waals surface area contributed by atoms with Gasteiger partial charge < -0.3 is 4.90 Å². The van der Waals surface area contributed by atoms with Crippen LogP contribution < -0.4 is 0 Å². The van der Waals surface area contributed by atoms with Gasteiger partial charge in [0.1, 0.15) is 4.21 Å². The molecular formula is C18H20BrN5O3S2. The molecule has 8 nitrogen and oxygen atoms in total. The minimum absolute atomic E-state index is 0.118. The van der Waals surface area contributed by atoms with Crippen LogP contribution in [0.4, 0.5) is 0 Å². The van der Waals surface area contributed by atoms with E-state index in [0.29, 0.717) is 28.5 Å². The van der Waals surface area contributed by atoms with Crippen molar-refractivity contribution in [1.29, 1.82) is 0 Å². The van der Waals surface area contributed by atoms with E-state index >= 15 is 0 Å². The number of carbonyl (C=O) groups is 1. The van der Waals surface area contributed by atoms with E-state index in [2.05, 4.69) is 26.0 Å². The average molecular weight is 498 g/mol. The Balaban J connectivity index is 1.57. The molecule has 11 heteroatoms. The molecule has 154 valence electrons. The molecular weight excluding hydrogens is 478 g/mol. The lowest BCUT2D eigenvalue weighted by Crippen LogP contribution is -2.50. The number of aryl methyl sites for hydroxylation is 3. The monoisotopic (exact) mass is 497 g/mol. The second-order valence-electron chi connectivity index (χ2n) is 6.97. The molecule has 0 N–H and O–H groups in total. The van der Waals surface area contributed by atoms with Gasteiger partial charge in [-0.3, -0.25) is 9.48 Å². The van der Waals surface area contributed by atoms with Crippen molar-refractivity contribution in [1.82, 2.24) is 24.0 Å². The van der Waals surface area contributed by atoms with Crippen molar-refractivity contribution < 1.29 is 13.2 Å². The SMILES string of the molecule is Cc1cc(C(=O)N2CCN(S(=O)(=O)c3ccc(Br)s3)CC2)c2c(C)nn(C)c2n1. The van der Waals surface area contributed by atoms with E-state index < -0.39 is 10.0 Å². The molecule has 0 saturated carbocycles. The first-order valence-electron chi connectivity index (χ1n) is 9.04. The highest BCUT2D eigenvalue weighted by Crippen LogP contribution is 2.29. The average Bonchev–Trinajstić information content (AvgIpc) is 3.24. The van der Waals surface area contributed by atoms with Gasteiger partial charge in [0.15, 0.2) is 5.65 Å². The molecule has 0 bridgehead atoms. The number of nitrogens with zero attached hydrogens (tertiary/aromatic N) is 5. The molecule has 1 amide bonds. The molecule has 0 unspecified atom stereocenters. The molecule has 0 spiro atoms. The van der Waals surface area contributed by atoms with Crippen molar-refractivity contribution in [3.05, 3.63) is 38.9 Å². The fourth-order valence-corrected chi connectivity index (χ4v) is 7.19. The first-order valence-corrected chi connectivity index (χ1v) is 12.1. The van der Waals surface area contributed by atoms with E-state index in [1.165, 1.54) is 15.6 Å². The summed E-state index contributed by atoms with van der Waals surface area (Å²) in [7, 11) is -1.73. The molecule has 3 aromatic rings. The van der Waals surface area contributed by atoms with Gasteiger partial charge >= 0.3 is 0 Å². The lowest BCUT2D eigenvalue weighted by molar-refractivity contribution is 0.0699. The van der Waals surface area contributed by atoms with Crippen molar-refractivity contribution >= 4 is 54.2 Å². The zero-order valence-corrected chi connectivity index (χ0v) is 19.4. The zero-order valence-electron chi connectivity index (χ0n) is 16.2. The van der Waals surface area contributed by atoms with Gasteiger partial charge in [-0.25, -0.2) is 13.4 Å². The third kappa shape index (κ3) is 3.60. The molecule has 4 heterocycles. The van der Waals surface area contributed by atoms with Crippen LogP contribution >= 0.6 is 27.3 Å². The Morgan fingerprint density at radius 3 is 2.48 bits per heavy atom. The van der Waals surface area contributed by atoms with Crippen molar-refractivity contribution in [3.63, 3.8) is 0 Å². The molecule has 1 aliphatic heterocycles. The summed E-state index contributed by atoms with van der Waals surface area (Å²) in [4.78, 5) is 19.5. The molecule has 1 fully saturated rings. The van der Waals surface area contributed by atoms with E-state index in [-0.39, 0.29) is 19.0 Å². The van der Waals surface area contributed by atoms with E-state index in [0.717, 1.165) is 20.6 Å². The van der Waals surface area contributed by atoms with Crippen LogP contribution in [0.2, 0.25) is 0 Å². The summed E-state index contributed by atoms with van der Waals surface area (Å²) in [5, 5.41) is 5.14. The quantitative estimate of drug-likeness (QED) is 0.554. The summed E-state index contributed by atoms with van der Waals surface area (Å²) in [6.45, 7) is 4.92. The molecule has 1 aliphatic rings. The standard InChI is InChI=1S/C18H20BrN5O3S2/c1-11-10-13(16-12(2)21-22(3)17(16)20-11)18(25)23-6-8-24(9-7-23)29(26,27)15-5-4-14(19)28-15/h4-5,10H,6-9H2,1-3H3. The van der Waals surface area contributed by atoms with Crippen molar-refractivity contribution in [2.45, 2.75) is 18.1 Å². The Morgan fingerprint density at radius 1 is 1.17 bits per heavy atom. The Kier molecular flexibility index (Phi) is 5.26. The summed E-state index contributed by atoms with van der Waals surface area (Å²) in [5.41, 5.74) is 2.74. The molecule has 3 aromatic heterocycles. The van der Waals surface area contributed by atoms with E-state index in [4.69, 9.17) is 0 Å². The summed E-state index contributed by atoms with van der Waals surface area (Å²) in [6.07, 6.45) is 0. The summed E-state index contributed by atoms with van der Waals surface area (Å²) in [5.74, 6) is -0.118. The predicted octanol–water partition coefficient (Wildman–Crippen LogP) is 2.56. The van der Waals surface area contributed by atoms with Crippen LogP contribution in [0, 0.1) is 13.8 Å². The van der Waals surface area contributed by atoms with Crippen LogP contribution in [-0.4, -0.2) is 64.5 Å². The molecule has 1 saturated heterocycles. The normalized spacial score (nSPS) is 15.9. The van der Waals surface area contributed by atoms with Gasteiger partial charge in [-0.1, -0.05) is 0 Å². The smallest absolute Gasteiger partial charge is 0.254 e. The molecule has 29 heavy (non-hydrogen) atoms. The molecule has 0 aromatic carbocycles. The highest BCUT2D eigenvalue weighted by Gasteiger charge is 2.32. The highest BCUT2D eigenvalue weighted by molar-refractivity contribution is 9.11. The van der Waals surface area contributed by atoms with Crippen molar-refractivity contribution in [3.8, 4) is 0 Å². The summed E-state index contributed by atoms with van der Waals surface area (Å²) < 4.78 is 29.8. The number of sulfonamides is 1. The van der Waals surface area contributed by atoms with Gasteiger partial charge in [0, 0.05) is 38.9 Å². The molecule has 0 radical (unpaired) electrons. The van der Waals surface area contributed by atoms with Crippen LogP contribution in [0.1, 0.15) is 21.7 Å². The van der Waals surface area contributed by atoms with Gasteiger partial charge in [-0.15, -0.1) is 11.3 Å². The van der Waals surface area contributed by atoms with E-state index in [1.807, 2.05) is 20.9 Å². The fourth-order valence-electron chi connectivity index (χ4n) is 3.60. The number of aromatic nitrogens is 3. The predicted molar refractivity (Wildman–Crippen MR) is 115 cm³/mol. The topological polar surface area (TPSA) is 88.4 Å². The fraction of sp³-hybridized carbons (Fsp3) is 0.389. The van der Waals surface area contributed by atoms with Gasteiger partial charge in [-0.2, -0.15) is 9.40 Å². The minimum Gasteiger partial charge on any atom is -0.336 e. The summed E-state index contributed by atoms with van der Waals surface area (Å²) in [6, 6.07) is 5.11. The second-order valence-corrected chi connectivity index (χ2v) is 11.6. The Bertz CT molecular complexity index is 1210. The number of halogens is 1. The highest BCUT2D eigenvalue weighted by atomic mass is 79.9. The van der Waals surface area contributed by atoms with Gasteiger partial charge in [0.05, 0.1) is 20.4 Å². The van der Waals surface area contributed by atoms with Crippen LogP contribution in [0.3, 0.4) is 0 Å². The van der Waals surface area contributed by atoms with Crippen LogP contribution in [0.5, 0.6) is 0 Å². The van der Waals surface area contributed by atoms with Crippen LogP contribution in [0.25, 0.3) is 11.0 Å². The molecule has 0 aliphatic carbocycles. The number of amides is 1. The van der Waals surface area contributed by atoms with Gasteiger partial charge in [0.2, 0.25) is 0 Å². The first-order chi connectivity index (χ1) is 13.7. The minimum atomic E-state index is -3.54. The van der Waals surface area contributed by atoms with Crippen LogP contribution in [-0.2, 0) is 17.1 Å². The molecule has 4 rings (SSSR count). The van der Waals surface area contributed by atoms with Crippen molar-refractivity contribution in [2.75, 3.05) is 26.2 Å². The number of hydrogen-bond acceptors (Lipinski definition) is 6. The largest absolute Gasteiger partial charge is 0.336 e. The van der Waals surface area contributed by atoms with E-state index in [9.17, 15) is 13.2 Å². The number of rotatable bonds is 3. The Hall–Kier alpha value is -1.82. The van der Waals surface area contributed by atoms with Crippen LogP contribution in [0.15, 0.2) is 26.2 Å².